The molecular formula is C10H9BrNO5. The highest BCUT2D eigenvalue weighted by atomic mass is 79.9. The van der Waals surface area contributed by atoms with E-state index in [2.05, 4.69) is 15.9 Å². The van der Waals surface area contributed by atoms with Gasteiger partial charge in [-0.05, 0) is 6.07 Å². The van der Waals surface area contributed by atoms with E-state index in [1.54, 1.807) is 6.29 Å². The molecule has 1 aromatic carbocycles. The molecule has 1 aromatic rings. The number of ether oxygens (including phenoxy) is 2. The maximum absolute atomic E-state index is 10.8. The number of halogens is 1. The molecule has 91 valence electrons. The standard InChI is InChI=1S/C10H9BrNO5/c1-16-9-5-8(12(14)15)7(6-11)4-10(9)17-3-2-13/h4-5H,3,6H2,1H3. The Bertz CT molecular complexity index is 435. The summed E-state index contributed by atoms with van der Waals surface area (Å²) >= 11 is 3.15. The Labute approximate surface area is 106 Å². The van der Waals surface area contributed by atoms with Gasteiger partial charge in [-0.25, -0.2) is 0 Å². The topological polar surface area (TPSA) is 78.7 Å². The van der Waals surface area contributed by atoms with Gasteiger partial charge in [-0.2, -0.15) is 0 Å². The van der Waals surface area contributed by atoms with Crippen molar-refractivity contribution in [1.82, 2.24) is 0 Å². The molecule has 0 atom stereocenters. The summed E-state index contributed by atoms with van der Waals surface area (Å²) < 4.78 is 10.0. The van der Waals surface area contributed by atoms with Crippen molar-refractivity contribution in [2.24, 2.45) is 0 Å². The van der Waals surface area contributed by atoms with E-state index < -0.39 is 4.92 Å². The summed E-state index contributed by atoms with van der Waals surface area (Å²) in [4.78, 5) is 20.4. The van der Waals surface area contributed by atoms with Gasteiger partial charge in [0.05, 0.1) is 18.1 Å². The zero-order valence-corrected chi connectivity index (χ0v) is 10.5. The fourth-order valence-electron chi connectivity index (χ4n) is 1.25. The minimum atomic E-state index is -0.505. The molecule has 0 N–H and O–H groups in total. The minimum absolute atomic E-state index is 0.0684. The van der Waals surface area contributed by atoms with E-state index >= 15 is 0 Å². The lowest BCUT2D eigenvalue weighted by Crippen LogP contribution is -2.02. The maximum Gasteiger partial charge on any atom is 0.277 e. The zero-order chi connectivity index (χ0) is 12.8. The summed E-state index contributed by atoms with van der Waals surface area (Å²) in [6, 6.07) is 2.72. The third kappa shape index (κ3) is 3.16. The monoisotopic (exact) mass is 302 g/mol. The molecule has 1 rings (SSSR count). The Morgan fingerprint density at radius 1 is 1.47 bits per heavy atom. The number of nitrogens with zero attached hydrogens (tertiary/aromatic N) is 1. The molecule has 0 aliphatic carbocycles. The molecule has 0 unspecified atom stereocenters. The highest BCUT2D eigenvalue weighted by Crippen LogP contribution is 2.35. The molecule has 6 nitrogen and oxygen atoms in total. The second kappa shape index (κ2) is 6.19. The van der Waals surface area contributed by atoms with Crippen LogP contribution in [0.15, 0.2) is 12.1 Å². The van der Waals surface area contributed by atoms with E-state index in [4.69, 9.17) is 9.47 Å². The Morgan fingerprint density at radius 3 is 2.65 bits per heavy atom. The quantitative estimate of drug-likeness (QED) is 0.456. The number of alkyl halides is 1. The van der Waals surface area contributed by atoms with Gasteiger partial charge in [0.25, 0.3) is 5.69 Å². The first-order valence-electron chi connectivity index (χ1n) is 4.53. The van der Waals surface area contributed by atoms with Crippen LogP contribution in [0.25, 0.3) is 0 Å². The van der Waals surface area contributed by atoms with Gasteiger partial charge in [-0.15, -0.1) is 0 Å². The molecule has 0 saturated heterocycles. The Kier molecular flexibility index (Phi) is 4.89. The maximum atomic E-state index is 10.8. The van der Waals surface area contributed by atoms with Gasteiger partial charge in [0, 0.05) is 10.9 Å². The van der Waals surface area contributed by atoms with Gasteiger partial charge in [0.15, 0.2) is 18.1 Å². The van der Waals surface area contributed by atoms with Crippen LogP contribution < -0.4 is 9.47 Å². The van der Waals surface area contributed by atoms with Crippen LogP contribution in [-0.4, -0.2) is 24.9 Å². The normalized spacial score (nSPS) is 9.76. The second-order valence-corrected chi connectivity index (χ2v) is 3.52. The number of nitro benzene ring substituents is 1. The molecule has 17 heavy (non-hydrogen) atoms. The lowest BCUT2D eigenvalue weighted by atomic mass is 10.2. The molecule has 0 heterocycles. The van der Waals surface area contributed by atoms with Crippen molar-refractivity contribution in [3.05, 3.63) is 27.8 Å². The van der Waals surface area contributed by atoms with Crippen molar-refractivity contribution in [3.63, 3.8) is 0 Å². The third-order valence-electron chi connectivity index (χ3n) is 1.99. The van der Waals surface area contributed by atoms with Crippen molar-refractivity contribution in [2.45, 2.75) is 5.33 Å². The van der Waals surface area contributed by atoms with Gasteiger partial charge in [-0.3, -0.25) is 14.9 Å². The number of carbonyl (C=O) groups excluding carboxylic acids is 1. The van der Waals surface area contributed by atoms with Crippen LogP contribution in [0.4, 0.5) is 5.69 Å². The van der Waals surface area contributed by atoms with E-state index in [9.17, 15) is 14.9 Å². The van der Waals surface area contributed by atoms with E-state index in [-0.39, 0.29) is 23.8 Å². The zero-order valence-electron chi connectivity index (χ0n) is 8.94. The fraction of sp³-hybridized carbons (Fsp3) is 0.300. The molecule has 0 aromatic heterocycles. The summed E-state index contributed by atoms with van der Waals surface area (Å²) in [5.41, 5.74) is 0.373. The van der Waals surface area contributed by atoms with Crippen molar-refractivity contribution < 1.29 is 19.2 Å². The number of benzene rings is 1. The largest absolute Gasteiger partial charge is 0.493 e. The molecule has 7 heteroatoms. The predicted octanol–water partition coefficient (Wildman–Crippen LogP) is 1.99. The molecule has 0 amide bonds. The lowest BCUT2D eigenvalue weighted by molar-refractivity contribution is -0.385. The van der Waals surface area contributed by atoms with Crippen molar-refractivity contribution in [1.29, 1.82) is 0 Å². The first-order chi connectivity index (χ1) is 8.13. The summed E-state index contributed by atoms with van der Waals surface area (Å²) in [5.74, 6) is 0.479. The van der Waals surface area contributed by atoms with Crippen LogP contribution >= 0.6 is 15.9 Å². The van der Waals surface area contributed by atoms with Crippen LogP contribution in [0.1, 0.15) is 5.56 Å². The molecule has 1 radical (unpaired) electrons. The van der Waals surface area contributed by atoms with E-state index in [1.807, 2.05) is 0 Å². The average Bonchev–Trinajstić information content (AvgIpc) is 2.34. The van der Waals surface area contributed by atoms with Crippen molar-refractivity contribution in [2.75, 3.05) is 13.7 Å². The van der Waals surface area contributed by atoms with Gasteiger partial charge >= 0.3 is 0 Å². The van der Waals surface area contributed by atoms with E-state index in [0.717, 1.165) is 0 Å². The Balaban J connectivity index is 3.22. The number of hydrogen-bond donors (Lipinski definition) is 0. The SMILES string of the molecule is COc1cc([N+](=O)[O-])c(CBr)cc1OC[C]=O. The molecule has 0 spiro atoms. The van der Waals surface area contributed by atoms with Crippen LogP contribution in [-0.2, 0) is 10.1 Å². The summed E-state index contributed by atoms with van der Waals surface area (Å²) in [6.45, 7) is -0.254. The number of methoxy groups -OCH3 is 1. The molecule has 0 bridgehead atoms. The molecule has 0 aliphatic rings. The predicted molar refractivity (Wildman–Crippen MR) is 63.5 cm³/mol. The third-order valence-corrected chi connectivity index (χ3v) is 2.60. The van der Waals surface area contributed by atoms with Crippen LogP contribution in [0, 0.1) is 10.1 Å². The Morgan fingerprint density at radius 2 is 2.18 bits per heavy atom. The fourth-order valence-corrected chi connectivity index (χ4v) is 1.70. The van der Waals surface area contributed by atoms with Gasteiger partial charge in [-0.1, -0.05) is 15.9 Å². The first kappa shape index (κ1) is 13.4. The van der Waals surface area contributed by atoms with Gasteiger partial charge in [0.2, 0.25) is 6.29 Å². The first-order valence-corrected chi connectivity index (χ1v) is 5.65. The minimum Gasteiger partial charge on any atom is -0.493 e. The summed E-state index contributed by atoms with van der Waals surface area (Å²) in [5, 5.41) is 11.1. The molecule has 0 saturated carbocycles. The highest BCUT2D eigenvalue weighted by Gasteiger charge is 2.18. The van der Waals surface area contributed by atoms with Gasteiger partial charge in [0.1, 0.15) is 0 Å². The molecule has 0 aliphatic heterocycles. The number of hydrogen-bond acceptors (Lipinski definition) is 5. The summed E-state index contributed by atoms with van der Waals surface area (Å²) in [6.07, 6.45) is 1.57. The summed E-state index contributed by atoms with van der Waals surface area (Å²) in [7, 11) is 1.37. The van der Waals surface area contributed by atoms with E-state index in [0.29, 0.717) is 10.9 Å². The van der Waals surface area contributed by atoms with Crippen molar-refractivity contribution in [3.8, 4) is 11.5 Å². The van der Waals surface area contributed by atoms with Crippen LogP contribution in [0.3, 0.4) is 0 Å². The lowest BCUT2D eigenvalue weighted by Gasteiger charge is -2.10. The Hall–Kier alpha value is -1.63. The highest BCUT2D eigenvalue weighted by molar-refractivity contribution is 9.08. The van der Waals surface area contributed by atoms with Gasteiger partial charge < -0.3 is 9.47 Å². The van der Waals surface area contributed by atoms with E-state index in [1.165, 1.54) is 19.2 Å². The average molecular weight is 303 g/mol. The smallest absolute Gasteiger partial charge is 0.277 e. The number of rotatable bonds is 6. The molecule has 0 fully saturated rings. The molecular weight excluding hydrogens is 294 g/mol. The second-order valence-electron chi connectivity index (χ2n) is 2.96. The number of nitro groups is 1. The van der Waals surface area contributed by atoms with Crippen molar-refractivity contribution >= 4 is 27.9 Å². The van der Waals surface area contributed by atoms with Crippen LogP contribution in [0.2, 0.25) is 0 Å². The van der Waals surface area contributed by atoms with Crippen LogP contribution in [0.5, 0.6) is 11.5 Å².